The molecule has 4 rings (SSSR count). The quantitative estimate of drug-likeness (QED) is 0.750. The van der Waals surface area contributed by atoms with Gasteiger partial charge in [-0.2, -0.15) is 0 Å². The van der Waals surface area contributed by atoms with Crippen LogP contribution in [-0.2, 0) is 5.41 Å². The van der Waals surface area contributed by atoms with Crippen molar-refractivity contribution in [3.63, 3.8) is 0 Å². The minimum Gasteiger partial charge on any atom is -0.370 e. The standard InChI is InChI=1S/C17H22N2/c1-3-12-8-9-15-17(10-11-18-16(12)17)13-6-4-5-7-14(13)19(15)2/h4-7,12,15H,3,8-11H2,1-2H3/t12?,15-,17-/m0/s1. The molecule has 1 spiro atoms. The van der Waals surface area contributed by atoms with Crippen molar-refractivity contribution in [3.05, 3.63) is 29.8 Å². The number of aliphatic imine (C=N–C) groups is 1. The zero-order valence-corrected chi connectivity index (χ0v) is 11.9. The Hall–Kier alpha value is -1.31. The lowest BCUT2D eigenvalue weighted by atomic mass is 9.62. The highest BCUT2D eigenvalue weighted by Crippen LogP contribution is 2.55. The van der Waals surface area contributed by atoms with Crippen LogP contribution in [0, 0.1) is 5.92 Å². The van der Waals surface area contributed by atoms with Gasteiger partial charge in [-0.25, -0.2) is 0 Å². The predicted molar refractivity (Wildman–Crippen MR) is 80.2 cm³/mol. The molecular formula is C17H22N2. The number of hydrogen-bond acceptors (Lipinski definition) is 2. The second-order valence-electron chi connectivity index (χ2n) is 6.31. The summed E-state index contributed by atoms with van der Waals surface area (Å²) in [4.78, 5) is 7.50. The molecule has 0 aromatic heterocycles. The van der Waals surface area contributed by atoms with Gasteiger partial charge in [-0.1, -0.05) is 25.1 Å². The van der Waals surface area contributed by atoms with Crippen molar-refractivity contribution in [1.82, 2.24) is 0 Å². The summed E-state index contributed by atoms with van der Waals surface area (Å²) in [6.45, 7) is 3.36. The fourth-order valence-corrected chi connectivity index (χ4v) is 4.89. The molecule has 0 radical (unpaired) electrons. The summed E-state index contributed by atoms with van der Waals surface area (Å²) < 4.78 is 0. The normalized spacial score (nSPS) is 35.7. The predicted octanol–water partition coefficient (Wildman–Crippen LogP) is 3.41. The van der Waals surface area contributed by atoms with Gasteiger partial charge in [-0.05, 0) is 43.2 Å². The molecule has 0 N–H and O–H groups in total. The average molecular weight is 254 g/mol. The number of para-hydroxylation sites is 1. The highest BCUT2D eigenvalue weighted by Gasteiger charge is 2.57. The van der Waals surface area contributed by atoms with Crippen molar-refractivity contribution < 1.29 is 0 Å². The maximum absolute atomic E-state index is 4.97. The van der Waals surface area contributed by atoms with Crippen molar-refractivity contribution in [2.45, 2.75) is 44.1 Å². The van der Waals surface area contributed by atoms with Gasteiger partial charge in [0.15, 0.2) is 0 Å². The molecule has 3 aliphatic rings. The van der Waals surface area contributed by atoms with Crippen molar-refractivity contribution in [1.29, 1.82) is 0 Å². The Morgan fingerprint density at radius 3 is 3.00 bits per heavy atom. The fourth-order valence-electron chi connectivity index (χ4n) is 4.89. The number of benzene rings is 1. The largest absolute Gasteiger partial charge is 0.370 e. The van der Waals surface area contributed by atoms with E-state index in [4.69, 9.17) is 4.99 Å². The maximum atomic E-state index is 4.97. The highest BCUT2D eigenvalue weighted by atomic mass is 15.2. The third-order valence-corrected chi connectivity index (χ3v) is 5.71. The molecule has 1 aromatic rings. The summed E-state index contributed by atoms with van der Waals surface area (Å²) >= 11 is 0. The van der Waals surface area contributed by atoms with Crippen molar-refractivity contribution in [2.24, 2.45) is 10.9 Å². The van der Waals surface area contributed by atoms with E-state index in [1.165, 1.54) is 37.1 Å². The molecule has 1 saturated carbocycles. The van der Waals surface area contributed by atoms with Crippen molar-refractivity contribution in [2.75, 3.05) is 18.5 Å². The average Bonchev–Trinajstić information content (AvgIpc) is 2.99. The number of anilines is 1. The summed E-state index contributed by atoms with van der Waals surface area (Å²) in [5, 5.41) is 0. The van der Waals surface area contributed by atoms with Gasteiger partial charge in [0.25, 0.3) is 0 Å². The molecule has 2 nitrogen and oxygen atoms in total. The van der Waals surface area contributed by atoms with Crippen LogP contribution in [0.4, 0.5) is 5.69 Å². The third-order valence-electron chi connectivity index (χ3n) is 5.71. The number of hydrogen-bond donors (Lipinski definition) is 0. The first-order chi connectivity index (χ1) is 9.29. The molecule has 1 fully saturated rings. The summed E-state index contributed by atoms with van der Waals surface area (Å²) in [5.74, 6) is 0.721. The molecular weight excluding hydrogens is 232 g/mol. The Bertz CT molecular complexity index is 548. The van der Waals surface area contributed by atoms with E-state index in [1.807, 2.05) is 0 Å². The lowest BCUT2D eigenvalue weighted by Gasteiger charge is -2.43. The van der Waals surface area contributed by atoms with E-state index >= 15 is 0 Å². The van der Waals surface area contributed by atoms with Gasteiger partial charge in [-0.3, -0.25) is 4.99 Å². The fraction of sp³-hybridized carbons (Fsp3) is 0.588. The topological polar surface area (TPSA) is 15.6 Å². The second-order valence-corrected chi connectivity index (χ2v) is 6.31. The SMILES string of the molecule is CCC1CC[C@@H]2N(C)c3ccccc3[C@@]23CCN=C13. The van der Waals surface area contributed by atoms with E-state index in [0.717, 1.165) is 12.5 Å². The van der Waals surface area contributed by atoms with Crippen molar-refractivity contribution in [3.8, 4) is 0 Å². The molecule has 100 valence electrons. The summed E-state index contributed by atoms with van der Waals surface area (Å²) in [7, 11) is 2.28. The number of fused-ring (bicyclic) bond motifs is 1. The van der Waals surface area contributed by atoms with Gasteiger partial charge in [0, 0.05) is 31.0 Å². The second kappa shape index (κ2) is 3.84. The number of nitrogens with zero attached hydrogens (tertiary/aromatic N) is 2. The molecule has 3 atom stereocenters. The van der Waals surface area contributed by atoms with Crippen LogP contribution in [0.3, 0.4) is 0 Å². The third kappa shape index (κ3) is 1.25. The maximum Gasteiger partial charge on any atom is 0.0575 e. The minimum absolute atomic E-state index is 0.254. The smallest absolute Gasteiger partial charge is 0.0575 e. The lowest BCUT2D eigenvalue weighted by molar-refractivity contribution is 0.357. The summed E-state index contributed by atoms with van der Waals surface area (Å²) in [6, 6.07) is 9.67. The zero-order valence-electron chi connectivity index (χ0n) is 11.9. The van der Waals surface area contributed by atoms with Crippen LogP contribution < -0.4 is 4.90 Å². The molecule has 2 aliphatic heterocycles. The van der Waals surface area contributed by atoms with Gasteiger partial charge >= 0.3 is 0 Å². The van der Waals surface area contributed by atoms with E-state index in [-0.39, 0.29) is 5.41 Å². The molecule has 2 heteroatoms. The van der Waals surface area contributed by atoms with Crippen LogP contribution >= 0.6 is 0 Å². The van der Waals surface area contributed by atoms with Crippen LogP contribution in [0.25, 0.3) is 0 Å². The molecule has 0 amide bonds. The van der Waals surface area contributed by atoms with E-state index in [0.29, 0.717) is 6.04 Å². The van der Waals surface area contributed by atoms with Crippen LogP contribution in [0.15, 0.2) is 29.3 Å². The summed E-state index contributed by atoms with van der Waals surface area (Å²) in [5.41, 5.74) is 4.78. The Morgan fingerprint density at radius 1 is 1.32 bits per heavy atom. The van der Waals surface area contributed by atoms with E-state index in [1.54, 1.807) is 5.56 Å². The first-order valence-electron chi connectivity index (χ1n) is 7.66. The molecule has 19 heavy (non-hydrogen) atoms. The van der Waals surface area contributed by atoms with Gasteiger partial charge in [0.1, 0.15) is 0 Å². The molecule has 0 bridgehead atoms. The van der Waals surface area contributed by atoms with Gasteiger partial charge in [-0.15, -0.1) is 0 Å². The molecule has 1 unspecified atom stereocenters. The highest BCUT2D eigenvalue weighted by molar-refractivity contribution is 6.03. The molecule has 0 saturated heterocycles. The first-order valence-corrected chi connectivity index (χ1v) is 7.66. The van der Waals surface area contributed by atoms with E-state index in [9.17, 15) is 0 Å². The number of rotatable bonds is 1. The Kier molecular flexibility index (Phi) is 2.33. The van der Waals surface area contributed by atoms with Crippen LogP contribution in [0.1, 0.15) is 38.2 Å². The Balaban J connectivity index is 1.93. The monoisotopic (exact) mass is 254 g/mol. The van der Waals surface area contributed by atoms with Gasteiger partial charge in [0.05, 0.1) is 5.41 Å². The minimum atomic E-state index is 0.254. The number of likely N-dealkylation sites (N-methyl/N-ethyl adjacent to an activating group) is 1. The van der Waals surface area contributed by atoms with Gasteiger partial charge in [0.2, 0.25) is 0 Å². The van der Waals surface area contributed by atoms with Crippen LogP contribution in [-0.4, -0.2) is 25.3 Å². The first kappa shape index (κ1) is 11.5. The van der Waals surface area contributed by atoms with Gasteiger partial charge < -0.3 is 4.90 Å². The summed E-state index contributed by atoms with van der Waals surface area (Å²) in [6.07, 6.45) is 5.12. The van der Waals surface area contributed by atoms with Crippen molar-refractivity contribution >= 4 is 11.4 Å². The zero-order chi connectivity index (χ0) is 13.0. The molecule has 1 aliphatic carbocycles. The molecule has 2 heterocycles. The lowest BCUT2D eigenvalue weighted by Crippen LogP contribution is -2.52. The van der Waals surface area contributed by atoms with Crippen LogP contribution in [0.5, 0.6) is 0 Å². The molecule has 1 aromatic carbocycles. The van der Waals surface area contributed by atoms with Crippen LogP contribution in [0.2, 0.25) is 0 Å². The van der Waals surface area contributed by atoms with E-state index < -0.39 is 0 Å². The Labute approximate surface area is 115 Å². The van der Waals surface area contributed by atoms with E-state index in [2.05, 4.69) is 43.1 Å². The Morgan fingerprint density at radius 2 is 2.16 bits per heavy atom.